The van der Waals surface area contributed by atoms with E-state index in [4.69, 9.17) is 14.6 Å². The van der Waals surface area contributed by atoms with Crippen molar-refractivity contribution in [1.82, 2.24) is 9.55 Å². The van der Waals surface area contributed by atoms with Gasteiger partial charge in [-0.1, -0.05) is 0 Å². The maximum Gasteiger partial charge on any atom is 0.330 e. The van der Waals surface area contributed by atoms with Gasteiger partial charge in [0.1, 0.15) is 6.23 Å². The molecule has 0 radical (unpaired) electrons. The van der Waals surface area contributed by atoms with Crippen molar-refractivity contribution in [3.05, 3.63) is 32.6 Å². The first-order valence-electron chi connectivity index (χ1n) is 5.75. The molecular formula is C11H16N2O5. The molecule has 2 atom stereocenters. The molecule has 0 saturated carbocycles. The van der Waals surface area contributed by atoms with Crippen LogP contribution >= 0.6 is 0 Å². The van der Waals surface area contributed by atoms with Gasteiger partial charge in [-0.15, -0.1) is 0 Å². The maximum atomic E-state index is 11.7. The van der Waals surface area contributed by atoms with E-state index in [1.165, 1.54) is 17.9 Å². The number of aromatic nitrogens is 2. The van der Waals surface area contributed by atoms with Crippen LogP contribution in [0, 0.1) is 0 Å². The molecule has 18 heavy (non-hydrogen) atoms. The van der Waals surface area contributed by atoms with Crippen molar-refractivity contribution in [3.63, 3.8) is 0 Å². The number of ether oxygens (including phenoxy) is 2. The number of hydrogen-bond donors (Lipinski definition) is 2. The third kappa shape index (κ3) is 2.53. The van der Waals surface area contributed by atoms with Crippen molar-refractivity contribution >= 4 is 0 Å². The summed E-state index contributed by atoms with van der Waals surface area (Å²) in [4.78, 5) is 25.4. The summed E-state index contributed by atoms with van der Waals surface area (Å²) in [5.41, 5.74) is -0.591. The fourth-order valence-corrected chi connectivity index (χ4v) is 2.02. The van der Waals surface area contributed by atoms with Gasteiger partial charge in [-0.25, -0.2) is 4.79 Å². The number of aliphatic hydroxyl groups excluding tert-OH is 1. The number of hydrogen-bond acceptors (Lipinski definition) is 5. The Morgan fingerprint density at radius 3 is 2.94 bits per heavy atom. The van der Waals surface area contributed by atoms with Crippen LogP contribution < -0.4 is 11.2 Å². The molecule has 0 unspecified atom stereocenters. The maximum absolute atomic E-state index is 11.7. The largest absolute Gasteiger partial charge is 0.394 e. The van der Waals surface area contributed by atoms with E-state index in [2.05, 4.69) is 4.98 Å². The summed E-state index contributed by atoms with van der Waals surface area (Å²) >= 11 is 0. The first-order valence-corrected chi connectivity index (χ1v) is 5.75. The summed E-state index contributed by atoms with van der Waals surface area (Å²) in [6.07, 6.45) is 2.08. The molecule has 2 rings (SSSR count). The Balaban J connectivity index is 2.30. The van der Waals surface area contributed by atoms with Gasteiger partial charge in [0, 0.05) is 13.3 Å². The molecule has 1 aromatic heterocycles. The van der Waals surface area contributed by atoms with Crippen molar-refractivity contribution in [1.29, 1.82) is 0 Å². The average Bonchev–Trinajstić information content (AvgIpc) is 2.81. The van der Waals surface area contributed by atoms with E-state index in [1.807, 2.05) is 0 Å². The molecule has 7 heteroatoms. The zero-order valence-corrected chi connectivity index (χ0v) is 10.1. The van der Waals surface area contributed by atoms with Crippen LogP contribution in [-0.4, -0.2) is 34.5 Å². The number of nitrogens with one attached hydrogen (secondary N) is 1. The fourth-order valence-electron chi connectivity index (χ4n) is 2.02. The highest BCUT2D eigenvalue weighted by Crippen LogP contribution is 2.26. The molecule has 0 amide bonds. The van der Waals surface area contributed by atoms with Crippen LogP contribution in [0.3, 0.4) is 0 Å². The molecule has 0 aliphatic carbocycles. The molecule has 1 saturated heterocycles. The van der Waals surface area contributed by atoms with Crippen LogP contribution in [0.25, 0.3) is 0 Å². The highest BCUT2D eigenvalue weighted by molar-refractivity contribution is 5.03. The minimum absolute atomic E-state index is 0.0699. The van der Waals surface area contributed by atoms with E-state index < -0.39 is 17.5 Å². The van der Waals surface area contributed by atoms with Crippen molar-refractivity contribution in [2.24, 2.45) is 0 Å². The molecule has 2 heterocycles. The number of nitrogens with zero attached hydrogens (tertiary/aromatic N) is 1. The molecule has 0 aromatic carbocycles. The van der Waals surface area contributed by atoms with Crippen LogP contribution in [-0.2, 0) is 16.1 Å². The normalized spacial score (nSPS) is 23.4. The Hall–Kier alpha value is -1.44. The number of H-pyrrole nitrogens is 1. The molecule has 1 aliphatic rings. The van der Waals surface area contributed by atoms with E-state index in [9.17, 15) is 9.59 Å². The quantitative estimate of drug-likeness (QED) is 0.747. The van der Waals surface area contributed by atoms with E-state index in [1.54, 1.807) is 0 Å². The lowest BCUT2D eigenvalue weighted by atomic mass is 10.2. The summed E-state index contributed by atoms with van der Waals surface area (Å²) < 4.78 is 11.7. The smallest absolute Gasteiger partial charge is 0.330 e. The van der Waals surface area contributed by atoms with E-state index in [0.717, 1.165) is 0 Å². The van der Waals surface area contributed by atoms with Gasteiger partial charge in [0.25, 0.3) is 5.56 Å². The second-order valence-corrected chi connectivity index (χ2v) is 4.23. The molecule has 1 aromatic rings. The molecule has 1 aliphatic heterocycles. The lowest BCUT2D eigenvalue weighted by Gasteiger charge is -2.15. The summed E-state index contributed by atoms with van der Waals surface area (Å²) in [7, 11) is 1.47. The summed E-state index contributed by atoms with van der Waals surface area (Å²) in [5.74, 6) is 0. The SMILES string of the molecule is COCc1cn([C@H]2CC[C@@H](CO)O2)c(=O)[nH]c1=O. The molecule has 0 spiro atoms. The van der Waals surface area contributed by atoms with E-state index >= 15 is 0 Å². The first-order chi connectivity index (χ1) is 8.65. The Bertz CT molecular complexity index is 521. The zero-order valence-electron chi connectivity index (χ0n) is 10.1. The second kappa shape index (κ2) is 5.47. The summed E-state index contributed by atoms with van der Waals surface area (Å²) in [6, 6.07) is 0. The molecule has 1 fully saturated rings. The molecular weight excluding hydrogens is 240 g/mol. The molecule has 7 nitrogen and oxygen atoms in total. The van der Waals surface area contributed by atoms with Gasteiger partial charge in [-0.05, 0) is 12.8 Å². The number of methoxy groups -OCH3 is 1. The van der Waals surface area contributed by atoms with Gasteiger partial charge in [0.2, 0.25) is 0 Å². The number of aromatic amines is 1. The third-order valence-corrected chi connectivity index (χ3v) is 2.94. The Morgan fingerprint density at radius 2 is 2.33 bits per heavy atom. The minimum Gasteiger partial charge on any atom is -0.394 e. The highest BCUT2D eigenvalue weighted by atomic mass is 16.5. The van der Waals surface area contributed by atoms with Crippen molar-refractivity contribution in [2.45, 2.75) is 31.8 Å². The monoisotopic (exact) mass is 256 g/mol. The van der Waals surface area contributed by atoms with Gasteiger partial charge in [0.15, 0.2) is 0 Å². The van der Waals surface area contributed by atoms with Crippen LogP contribution in [0.1, 0.15) is 24.6 Å². The predicted molar refractivity (Wildman–Crippen MR) is 62.3 cm³/mol. The number of rotatable bonds is 4. The lowest BCUT2D eigenvalue weighted by Crippen LogP contribution is -2.34. The minimum atomic E-state index is -0.511. The van der Waals surface area contributed by atoms with Gasteiger partial charge >= 0.3 is 5.69 Å². The van der Waals surface area contributed by atoms with Crippen molar-refractivity contribution in [3.8, 4) is 0 Å². The van der Waals surface area contributed by atoms with Gasteiger partial charge in [-0.2, -0.15) is 0 Å². The predicted octanol–water partition coefficient (Wildman–Crippen LogP) is -0.647. The third-order valence-electron chi connectivity index (χ3n) is 2.94. The summed E-state index contributed by atoms with van der Waals surface area (Å²) in [5, 5.41) is 8.99. The highest BCUT2D eigenvalue weighted by Gasteiger charge is 2.27. The van der Waals surface area contributed by atoms with Crippen LogP contribution in [0.5, 0.6) is 0 Å². The second-order valence-electron chi connectivity index (χ2n) is 4.23. The lowest BCUT2D eigenvalue weighted by molar-refractivity contribution is -0.0249. The summed E-state index contributed by atoms with van der Waals surface area (Å²) in [6.45, 7) is 0.0608. The molecule has 2 N–H and O–H groups in total. The van der Waals surface area contributed by atoms with Gasteiger partial charge < -0.3 is 14.6 Å². The zero-order chi connectivity index (χ0) is 13.1. The average molecular weight is 256 g/mol. The standard InChI is InChI=1S/C11H16N2O5/c1-17-6-7-4-13(11(16)12-10(7)15)9-3-2-8(5-14)18-9/h4,8-9,14H,2-3,5-6H2,1H3,(H,12,15,16)/t8-,9+/m0/s1. The molecule has 100 valence electrons. The van der Waals surface area contributed by atoms with Crippen molar-refractivity contribution in [2.75, 3.05) is 13.7 Å². The van der Waals surface area contributed by atoms with Crippen LogP contribution in [0.15, 0.2) is 15.8 Å². The number of aliphatic hydroxyl groups is 1. The van der Waals surface area contributed by atoms with Gasteiger partial charge in [-0.3, -0.25) is 14.3 Å². The van der Waals surface area contributed by atoms with Gasteiger partial charge in [0.05, 0.1) is 24.9 Å². The van der Waals surface area contributed by atoms with E-state index in [0.29, 0.717) is 18.4 Å². The molecule has 0 bridgehead atoms. The topological polar surface area (TPSA) is 93.6 Å². The first kappa shape index (κ1) is 13.0. The van der Waals surface area contributed by atoms with Crippen LogP contribution in [0.4, 0.5) is 0 Å². The van der Waals surface area contributed by atoms with E-state index in [-0.39, 0.29) is 19.3 Å². The van der Waals surface area contributed by atoms with Crippen LogP contribution in [0.2, 0.25) is 0 Å². The Kier molecular flexibility index (Phi) is 3.95. The Morgan fingerprint density at radius 1 is 1.56 bits per heavy atom. The fraction of sp³-hybridized carbons (Fsp3) is 0.636. The van der Waals surface area contributed by atoms with Crippen molar-refractivity contribution < 1.29 is 14.6 Å². The Labute approximate surface area is 103 Å².